The summed E-state index contributed by atoms with van der Waals surface area (Å²) >= 11 is 0. The van der Waals surface area contributed by atoms with Gasteiger partial charge in [-0.1, -0.05) is 48.5 Å². The maximum atomic E-state index is 13.1. The number of carbonyl (C=O) groups is 1. The van der Waals surface area contributed by atoms with Crippen molar-refractivity contribution in [1.82, 2.24) is 10.3 Å². The first-order valence-electron chi connectivity index (χ1n) is 9.82. The lowest BCUT2D eigenvalue weighted by atomic mass is 9.99. The molecule has 1 aromatic heterocycles. The number of rotatable bonds is 5. The molecule has 0 spiro atoms. The molecule has 0 aliphatic rings. The SMILES string of the molecule is Cc1ccc(Nc2ccc(O)nc2)cc1C(=O)N[C@H](C)c1cccc2ccccc12. The lowest BCUT2D eigenvalue weighted by molar-refractivity contribution is 0.0939. The quantitative estimate of drug-likeness (QED) is 0.417. The van der Waals surface area contributed by atoms with E-state index < -0.39 is 0 Å². The van der Waals surface area contributed by atoms with Gasteiger partial charge in [0.15, 0.2) is 0 Å². The molecule has 150 valence electrons. The minimum absolute atomic E-state index is 0.0352. The number of anilines is 2. The molecule has 5 nitrogen and oxygen atoms in total. The minimum atomic E-state index is -0.138. The van der Waals surface area contributed by atoms with Crippen LogP contribution in [0.1, 0.15) is 34.5 Å². The number of hydrogen-bond acceptors (Lipinski definition) is 4. The molecule has 0 aliphatic heterocycles. The Hall–Kier alpha value is -3.86. The van der Waals surface area contributed by atoms with Crippen LogP contribution in [0.4, 0.5) is 11.4 Å². The molecular weight excluding hydrogens is 374 g/mol. The molecule has 5 heteroatoms. The molecular formula is C25H23N3O2. The fraction of sp³-hybridized carbons (Fsp3) is 0.120. The zero-order chi connectivity index (χ0) is 21.1. The molecule has 0 saturated carbocycles. The lowest BCUT2D eigenvalue weighted by Gasteiger charge is -2.18. The predicted octanol–water partition coefficient (Wildman–Crippen LogP) is 5.48. The molecule has 0 radical (unpaired) electrons. The van der Waals surface area contributed by atoms with Crippen molar-refractivity contribution >= 4 is 28.1 Å². The van der Waals surface area contributed by atoms with E-state index in [2.05, 4.69) is 39.9 Å². The summed E-state index contributed by atoms with van der Waals surface area (Å²) in [6.07, 6.45) is 1.54. The van der Waals surface area contributed by atoms with E-state index in [0.717, 1.165) is 33.3 Å². The summed E-state index contributed by atoms with van der Waals surface area (Å²) in [6.45, 7) is 3.92. The van der Waals surface area contributed by atoms with Gasteiger partial charge in [-0.2, -0.15) is 0 Å². The Balaban J connectivity index is 1.56. The lowest BCUT2D eigenvalue weighted by Crippen LogP contribution is -2.27. The van der Waals surface area contributed by atoms with Gasteiger partial charge in [-0.05, 0) is 53.9 Å². The maximum Gasteiger partial charge on any atom is 0.252 e. The number of nitrogens with zero attached hydrogens (tertiary/aromatic N) is 1. The molecule has 0 aliphatic carbocycles. The molecule has 0 bridgehead atoms. The van der Waals surface area contributed by atoms with Gasteiger partial charge < -0.3 is 15.7 Å². The van der Waals surface area contributed by atoms with Crippen LogP contribution in [-0.4, -0.2) is 16.0 Å². The van der Waals surface area contributed by atoms with E-state index in [0.29, 0.717) is 5.56 Å². The molecule has 30 heavy (non-hydrogen) atoms. The van der Waals surface area contributed by atoms with Crippen LogP contribution in [0.3, 0.4) is 0 Å². The van der Waals surface area contributed by atoms with Crippen molar-refractivity contribution in [3.63, 3.8) is 0 Å². The second kappa shape index (κ2) is 8.25. The fourth-order valence-corrected chi connectivity index (χ4v) is 3.55. The number of hydrogen-bond donors (Lipinski definition) is 3. The van der Waals surface area contributed by atoms with Gasteiger partial charge in [0, 0.05) is 17.3 Å². The van der Waals surface area contributed by atoms with Gasteiger partial charge in [0.25, 0.3) is 5.91 Å². The first kappa shape index (κ1) is 19.5. The normalized spacial score (nSPS) is 11.8. The Kier molecular flexibility index (Phi) is 5.35. The van der Waals surface area contributed by atoms with Crippen molar-refractivity contribution in [2.75, 3.05) is 5.32 Å². The van der Waals surface area contributed by atoms with Gasteiger partial charge in [0.2, 0.25) is 5.88 Å². The summed E-state index contributed by atoms with van der Waals surface area (Å²) in [7, 11) is 0. The van der Waals surface area contributed by atoms with Crippen molar-refractivity contribution in [1.29, 1.82) is 0 Å². The number of carbonyl (C=O) groups excluding carboxylic acids is 1. The summed E-state index contributed by atoms with van der Waals surface area (Å²) in [5.74, 6) is -0.160. The van der Waals surface area contributed by atoms with Crippen molar-refractivity contribution in [3.8, 4) is 5.88 Å². The van der Waals surface area contributed by atoms with E-state index in [1.54, 1.807) is 6.07 Å². The molecule has 1 amide bonds. The molecule has 3 N–H and O–H groups in total. The number of amides is 1. The number of aromatic hydroxyl groups is 1. The third kappa shape index (κ3) is 4.10. The molecule has 0 fully saturated rings. The minimum Gasteiger partial charge on any atom is -0.493 e. The van der Waals surface area contributed by atoms with Gasteiger partial charge in [-0.3, -0.25) is 4.79 Å². The number of aryl methyl sites for hydroxylation is 1. The maximum absolute atomic E-state index is 13.1. The topological polar surface area (TPSA) is 74.2 Å². The smallest absolute Gasteiger partial charge is 0.252 e. The molecule has 1 heterocycles. The van der Waals surface area contributed by atoms with Crippen LogP contribution in [0.15, 0.2) is 79.0 Å². The summed E-state index contributed by atoms with van der Waals surface area (Å²) in [5, 5.41) is 18.0. The Labute approximate surface area is 175 Å². The number of fused-ring (bicyclic) bond motifs is 1. The van der Waals surface area contributed by atoms with Crippen molar-refractivity contribution in [3.05, 3.63) is 95.7 Å². The van der Waals surface area contributed by atoms with Crippen LogP contribution < -0.4 is 10.6 Å². The zero-order valence-corrected chi connectivity index (χ0v) is 16.9. The highest BCUT2D eigenvalue weighted by atomic mass is 16.3. The van der Waals surface area contributed by atoms with Crippen LogP contribution in [0.2, 0.25) is 0 Å². The highest BCUT2D eigenvalue weighted by molar-refractivity contribution is 5.97. The van der Waals surface area contributed by atoms with Crippen LogP contribution in [0.25, 0.3) is 10.8 Å². The number of nitrogens with one attached hydrogen (secondary N) is 2. The second-order valence-corrected chi connectivity index (χ2v) is 7.32. The van der Waals surface area contributed by atoms with E-state index in [-0.39, 0.29) is 17.8 Å². The summed E-state index contributed by atoms with van der Waals surface area (Å²) in [5.41, 5.74) is 4.09. The summed E-state index contributed by atoms with van der Waals surface area (Å²) in [4.78, 5) is 16.9. The first-order valence-corrected chi connectivity index (χ1v) is 9.82. The van der Waals surface area contributed by atoms with Crippen molar-refractivity contribution < 1.29 is 9.90 Å². The van der Waals surface area contributed by atoms with Gasteiger partial charge in [0.1, 0.15) is 0 Å². The predicted molar refractivity (Wildman–Crippen MR) is 120 cm³/mol. The average Bonchev–Trinajstić information content (AvgIpc) is 2.76. The number of pyridine rings is 1. The standard InChI is InChI=1S/C25H23N3O2/c1-16-10-11-19(28-20-12-13-24(29)26-15-20)14-23(16)25(30)27-17(2)21-9-5-7-18-6-3-4-8-22(18)21/h3-15,17,28H,1-2H3,(H,26,29)(H,27,30)/t17-/m1/s1. The van der Waals surface area contributed by atoms with E-state index in [1.807, 2.05) is 50.2 Å². The number of benzene rings is 3. The molecule has 3 aromatic carbocycles. The van der Waals surface area contributed by atoms with Crippen molar-refractivity contribution in [2.45, 2.75) is 19.9 Å². The monoisotopic (exact) mass is 397 g/mol. The third-order valence-corrected chi connectivity index (χ3v) is 5.16. The number of aromatic nitrogens is 1. The van der Waals surface area contributed by atoms with Crippen LogP contribution >= 0.6 is 0 Å². The van der Waals surface area contributed by atoms with Crippen LogP contribution in [-0.2, 0) is 0 Å². The Bertz CT molecular complexity index is 1200. The molecule has 0 saturated heterocycles. The van der Waals surface area contributed by atoms with E-state index in [9.17, 15) is 9.90 Å². The Morgan fingerprint density at radius 3 is 2.53 bits per heavy atom. The molecule has 1 atom stereocenters. The van der Waals surface area contributed by atoms with Gasteiger partial charge >= 0.3 is 0 Å². The van der Waals surface area contributed by atoms with Crippen molar-refractivity contribution in [2.24, 2.45) is 0 Å². The highest BCUT2D eigenvalue weighted by Gasteiger charge is 2.16. The van der Waals surface area contributed by atoms with E-state index >= 15 is 0 Å². The van der Waals surface area contributed by atoms with Gasteiger partial charge in [-0.15, -0.1) is 0 Å². The van der Waals surface area contributed by atoms with E-state index in [4.69, 9.17) is 0 Å². The third-order valence-electron chi connectivity index (χ3n) is 5.16. The first-order chi connectivity index (χ1) is 14.5. The van der Waals surface area contributed by atoms with Crippen LogP contribution in [0.5, 0.6) is 5.88 Å². The van der Waals surface area contributed by atoms with E-state index in [1.165, 1.54) is 12.3 Å². The molecule has 4 aromatic rings. The summed E-state index contributed by atoms with van der Waals surface area (Å²) < 4.78 is 0. The molecule has 0 unspecified atom stereocenters. The highest BCUT2D eigenvalue weighted by Crippen LogP contribution is 2.25. The largest absolute Gasteiger partial charge is 0.493 e. The second-order valence-electron chi connectivity index (χ2n) is 7.32. The molecule has 4 rings (SSSR count). The Morgan fingerprint density at radius 2 is 1.73 bits per heavy atom. The Morgan fingerprint density at radius 1 is 0.967 bits per heavy atom. The average molecular weight is 397 g/mol. The van der Waals surface area contributed by atoms with Crippen LogP contribution in [0, 0.1) is 6.92 Å². The summed E-state index contributed by atoms with van der Waals surface area (Å²) in [6, 6.07) is 23.1. The van der Waals surface area contributed by atoms with Gasteiger partial charge in [-0.25, -0.2) is 4.98 Å². The van der Waals surface area contributed by atoms with Gasteiger partial charge in [0.05, 0.1) is 17.9 Å². The fourth-order valence-electron chi connectivity index (χ4n) is 3.55. The zero-order valence-electron chi connectivity index (χ0n) is 16.9.